The van der Waals surface area contributed by atoms with Crippen LogP contribution in [0, 0.1) is 12.3 Å². The van der Waals surface area contributed by atoms with E-state index in [9.17, 15) is 13.2 Å². The number of hydrogen-bond donors (Lipinski definition) is 1. The van der Waals surface area contributed by atoms with Crippen LogP contribution in [0.4, 0.5) is 19.0 Å². The van der Waals surface area contributed by atoms with E-state index in [2.05, 4.69) is 42.4 Å². The highest BCUT2D eigenvalue weighted by atomic mass is 32.1. The average Bonchev–Trinajstić information content (AvgIpc) is 3.24. The number of pyridine rings is 1. The van der Waals surface area contributed by atoms with E-state index in [1.54, 1.807) is 6.07 Å². The molecular weight excluding hydrogens is 479 g/mol. The van der Waals surface area contributed by atoms with Gasteiger partial charge < -0.3 is 5.32 Å². The number of thiophene rings is 1. The molecule has 0 aliphatic heterocycles. The summed E-state index contributed by atoms with van der Waals surface area (Å²) in [4.78, 5) is 5.63. The summed E-state index contributed by atoms with van der Waals surface area (Å²) < 4.78 is 41.0. The summed E-state index contributed by atoms with van der Waals surface area (Å²) in [5, 5.41) is 5.18. The van der Waals surface area contributed by atoms with Crippen molar-refractivity contribution in [1.82, 2.24) is 9.38 Å². The normalized spacial score (nSPS) is 11.5. The van der Waals surface area contributed by atoms with Gasteiger partial charge in [-0.25, -0.2) is 4.98 Å². The molecule has 0 atom stereocenters. The number of hydrogen-bond acceptors (Lipinski definition) is 3. The van der Waals surface area contributed by atoms with Crippen LogP contribution in [-0.4, -0.2) is 9.38 Å². The van der Waals surface area contributed by atoms with Gasteiger partial charge in [-0.2, -0.15) is 13.2 Å². The number of benzene rings is 2. The molecule has 6 rings (SSSR count). The minimum Gasteiger partial charge on any atom is -0.365 e. The van der Waals surface area contributed by atoms with E-state index in [4.69, 9.17) is 11.4 Å². The van der Waals surface area contributed by atoms with E-state index in [-0.39, 0.29) is 6.54 Å². The van der Waals surface area contributed by atoms with Gasteiger partial charge in [0.15, 0.2) is 0 Å². The van der Waals surface area contributed by atoms with Crippen molar-refractivity contribution >= 4 is 22.8 Å². The number of halogens is 3. The maximum absolute atomic E-state index is 13.0. The third-order valence-corrected chi connectivity index (χ3v) is 6.88. The molecule has 7 heteroatoms. The van der Waals surface area contributed by atoms with Crippen LogP contribution >= 0.6 is 11.3 Å². The molecule has 0 radical (unpaired) electrons. The van der Waals surface area contributed by atoms with Gasteiger partial charge in [-0.3, -0.25) is 4.40 Å². The Morgan fingerprint density at radius 3 is 2.42 bits per heavy atom. The second-order valence-electron chi connectivity index (χ2n) is 8.37. The molecular formula is C29H22F3N3S. The van der Waals surface area contributed by atoms with E-state index in [1.165, 1.54) is 28.5 Å². The molecule has 0 saturated heterocycles. The second-order valence-corrected chi connectivity index (χ2v) is 9.28. The van der Waals surface area contributed by atoms with Crippen LogP contribution in [0.2, 0.25) is 0 Å². The van der Waals surface area contributed by atoms with Gasteiger partial charge in [0.1, 0.15) is 17.2 Å². The number of aryl methyl sites for hydroxylation is 1. The van der Waals surface area contributed by atoms with E-state index in [0.717, 1.165) is 40.2 Å². The van der Waals surface area contributed by atoms with Crippen LogP contribution < -0.4 is 5.32 Å². The number of nitrogens with one attached hydrogen (secondary N) is 1. The van der Waals surface area contributed by atoms with Crippen LogP contribution in [0.15, 0.2) is 78.3 Å². The molecule has 3 aromatic heterocycles. The van der Waals surface area contributed by atoms with Crippen LogP contribution in [0.5, 0.6) is 0 Å². The second kappa shape index (κ2) is 9.56. The average molecular weight is 502 g/mol. The minimum atomic E-state index is -4.38. The number of aromatic nitrogens is 2. The Balaban J connectivity index is 0.000000382. The molecule has 3 nitrogen and oxygen atoms in total. The molecule has 4 aromatic rings. The molecule has 0 saturated carbocycles. The Morgan fingerprint density at radius 1 is 1.00 bits per heavy atom. The summed E-state index contributed by atoms with van der Waals surface area (Å²) >= 11 is 1.49. The molecule has 2 aliphatic carbocycles. The predicted molar refractivity (Wildman–Crippen MR) is 140 cm³/mol. The van der Waals surface area contributed by atoms with Gasteiger partial charge in [0, 0.05) is 18.3 Å². The number of alkyl halides is 3. The van der Waals surface area contributed by atoms with Crippen molar-refractivity contribution in [2.75, 3.05) is 5.32 Å². The fourth-order valence-corrected chi connectivity index (χ4v) is 4.81. The maximum Gasteiger partial charge on any atom is 0.416 e. The largest absolute Gasteiger partial charge is 0.416 e. The summed E-state index contributed by atoms with van der Waals surface area (Å²) in [6.07, 6.45) is 4.06. The van der Waals surface area contributed by atoms with Crippen LogP contribution in [-0.2, 0) is 19.1 Å². The molecule has 1 aromatic carbocycles. The smallest absolute Gasteiger partial charge is 0.365 e. The van der Waals surface area contributed by atoms with Crippen molar-refractivity contribution in [2.45, 2.75) is 26.1 Å². The van der Waals surface area contributed by atoms with Crippen molar-refractivity contribution < 1.29 is 13.2 Å². The highest BCUT2D eigenvalue weighted by Crippen LogP contribution is 2.36. The highest BCUT2D eigenvalue weighted by molar-refractivity contribution is 7.13. The predicted octanol–water partition coefficient (Wildman–Crippen LogP) is 7.90. The maximum atomic E-state index is 13.0. The SMILES string of the molecule is C#Cc1ccsc1-c1nc2cc(CC)ccn2c1NCc1cccc(C(F)(F)F)c1.c1cc2cc-2c1. The minimum absolute atomic E-state index is 0.219. The first-order chi connectivity index (χ1) is 17.4. The molecule has 0 fully saturated rings. The van der Waals surface area contributed by atoms with Crippen molar-refractivity contribution in [3.8, 4) is 34.0 Å². The standard InChI is InChI=1S/C23H18F3N3S.C6H4/c1-3-15-8-10-29-19(13-15)28-20(21-17(4-2)9-11-30-21)22(29)27-14-16-6-5-7-18(12-16)23(24,25)26;1-2-5-4-6(5)3-1/h2,5-13,27H,3,14H2,1H3;1-4H. The number of terminal acetylenes is 1. The lowest BCUT2D eigenvalue weighted by atomic mass is 10.1. The third kappa shape index (κ3) is 4.86. The fourth-order valence-electron chi connectivity index (χ4n) is 3.96. The molecule has 0 bridgehead atoms. The number of fused-ring (bicyclic) bond motifs is 2. The van der Waals surface area contributed by atoms with Crippen LogP contribution in [0.1, 0.15) is 29.2 Å². The molecule has 0 unspecified atom stereocenters. The number of rotatable bonds is 5. The lowest BCUT2D eigenvalue weighted by molar-refractivity contribution is -0.137. The molecule has 1 N–H and O–H groups in total. The molecule has 3 heterocycles. The molecule has 180 valence electrons. The summed E-state index contributed by atoms with van der Waals surface area (Å²) in [7, 11) is 0. The van der Waals surface area contributed by atoms with E-state index in [0.29, 0.717) is 17.1 Å². The van der Waals surface area contributed by atoms with Gasteiger partial charge in [0.25, 0.3) is 0 Å². The fraction of sp³-hybridized carbons (Fsp3) is 0.138. The first-order valence-corrected chi connectivity index (χ1v) is 12.3. The molecule has 36 heavy (non-hydrogen) atoms. The first kappa shape index (κ1) is 23.7. The van der Waals surface area contributed by atoms with E-state index >= 15 is 0 Å². The summed E-state index contributed by atoms with van der Waals surface area (Å²) in [6, 6.07) is 19.7. The number of imidazole rings is 1. The number of nitrogens with zero attached hydrogens (tertiary/aromatic N) is 2. The van der Waals surface area contributed by atoms with Gasteiger partial charge in [0.05, 0.1) is 10.4 Å². The quantitative estimate of drug-likeness (QED) is 0.243. The Labute approximate surface area is 211 Å². The lowest BCUT2D eigenvalue weighted by Crippen LogP contribution is -2.08. The Morgan fingerprint density at radius 2 is 1.78 bits per heavy atom. The van der Waals surface area contributed by atoms with Crippen molar-refractivity contribution in [3.63, 3.8) is 0 Å². The zero-order valence-corrected chi connectivity index (χ0v) is 20.3. The summed E-state index contributed by atoms with van der Waals surface area (Å²) in [5.41, 5.74) is 6.04. The van der Waals surface area contributed by atoms with E-state index < -0.39 is 11.7 Å². The summed E-state index contributed by atoms with van der Waals surface area (Å²) in [5.74, 6) is 3.37. The molecule has 0 amide bonds. The lowest BCUT2D eigenvalue weighted by Gasteiger charge is -2.11. The summed E-state index contributed by atoms with van der Waals surface area (Å²) in [6.45, 7) is 2.29. The van der Waals surface area contributed by atoms with Crippen LogP contribution in [0.3, 0.4) is 0 Å². The zero-order chi connectivity index (χ0) is 25.3. The monoisotopic (exact) mass is 501 g/mol. The third-order valence-electron chi connectivity index (χ3n) is 5.96. The highest BCUT2D eigenvalue weighted by Gasteiger charge is 2.30. The van der Waals surface area contributed by atoms with Crippen molar-refractivity contribution in [1.29, 1.82) is 0 Å². The van der Waals surface area contributed by atoms with Crippen molar-refractivity contribution in [3.05, 3.63) is 101 Å². The van der Waals surface area contributed by atoms with Crippen molar-refractivity contribution in [2.24, 2.45) is 0 Å². The Bertz CT molecular complexity index is 1570. The Kier molecular flexibility index (Phi) is 6.29. The van der Waals surface area contributed by atoms with Gasteiger partial charge in [-0.15, -0.1) is 17.8 Å². The zero-order valence-electron chi connectivity index (χ0n) is 19.4. The van der Waals surface area contributed by atoms with E-state index in [1.807, 2.05) is 34.2 Å². The van der Waals surface area contributed by atoms with Gasteiger partial charge in [-0.1, -0.05) is 43.2 Å². The van der Waals surface area contributed by atoms with Gasteiger partial charge >= 0.3 is 6.18 Å². The van der Waals surface area contributed by atoms with Gasteiger partial charge in [-0.05, 0) is 70.5 Å². The molecule has 2 aliphatic rings. The number of anilines is 1. The molecule has 0 spiro atoms. The topological polar surface area (TPSA) is 29.3 Å². The van der Waals surface area contributed by atoms with Gasteiger partial charge in [0.2, 0.25) is 0 Å². The first-order valence-electron chi connectivity index (χ1n) is 11.4. The van der Waals surface area contributed by atoms with Crippen LogP contribution in [0.25, 0.3) is 27.3 Å². The Hall–Kier alpha value is -4.02.